The van der Waals surface area contributed by atoms with Gasteiger partial charge in [-0.15, -0.1) is 0 Å². The van der Waals surface area contributed by atoms with E-state index in [1.807, 2.05) is 36.4 Å². The van der Waals surface area contributed by atoms with Gasteiger partial charge in [0.05, 0.1) is 16.5 Å². The van der Waals surface area contributed by atoms with Gasteiger partial charge in [-0.3, -0.25) is 0 Å². The van der Waals surface area contributed by atoms with E-state index in [-0.39, 0.29) is 10.7 Å². The zero-order chi connectivity index (χ0) is 15.5. The van der Waals surface area contributed by atoms with Gasteiger partial charge in [0.1, 0.15) is 29.4 Å². The van der Waals surface area contributed by atoms with Crippen LogP contribution in [-0.2, 0) is 6.61 Å². The van der Waals surface area contributed by atoms with Crippen molar-refractivity contribution < 1.29 is 9.13 Å². The van der Waals surface area contributed by atoms with Crippen LogP contribution < -0.4 is 4.74 Å². The van der Waals surface area contributed by atoms with Gasteiger partial charge in [-0.2, -0.15) is 5.26 Å². The maximum Gasteiger partial charge on any atom is 0.133 e. The second kappa shape index (κ2) is 6.00. The highest BCUT2D eigenvalue weighted by Gasteiger charge is 2.13. The number of hydrogen-bond donors (Lipinski definition) is 0. The summed E-state index contributed by atoms with van der Waals surface area (Å²) in [5.41, 5.74) is 1.44. The number of aromatic nitrogens is 1. The van der Waals surface area contributed by atoms with Crippen LogP contribution in [-0.4, -0.2) is 4.98 Å². The maximum atomic E-state index is 13.5. The molecule has 0 atom stereocenters. The summed E-state index contributed by atoms with van der Waals surface area (Å²) in [7, 11) is 0. The van der Waals surface area contributed by atoms with Crippen molar-refractivity contribution in [3.63, 3.8) is 0 Å². The molecule has 108 valence electrons. The van der Waals surface area contributed by atoms with Crippen LogP contribution in [0, 0.1) is 17.1 Å². The Morgan fingerprint density at radius 3 is 2.68 bits per heavy atom. The van der Waals surface area contributed by atoms with Crippen molar-refractivity contribution in [3.05, 3.63) is 70.6 Å². The molecule has 0 fully saturated rings. The molecule has 0 amide bonds. The van der Waals surface area contributed by atoms with Gasteiger partial charge in [-0.05, 0) is 11.6 Å². The van der Waals surface area contributed by atoms with Crippen LogP contribution in [0.5, 0.6) is 5.75 Å². The third-order valence-corrected chi connectivity index (χ3v) is 3.36. The molecule has 0 aliphatic rings. The molecule has 0 unspecified atom stereocenters. The van der Waals surface area contributed by atoms with E-state index in [1.54, 1.807) is 0 Å². The van der Waals surface area contributed by atoms with E-state index in [9.17, 15) is 9.65 Å². The van der Waals surface area contributed by atoms with E-state index in [4.69, 9.17) is 16.3 Å². The molecule has 0 spiro atoms. The second-order valence-corrected chi connectivity index (χ2v) is 5.06. The first-order chi connectivity index (χ1) is 10.7. The van der Waals surface area contributed by atoms with Crippen molar-refractivity contribution in [3.8, 4) is 11.8 Å². The van der Waals surface area contributed by atoms with Crippen LogP contribution in [0.2, 0.25) is 5.15 Å². The zero-order valence-electron chi connectivity index (χ0n) is 11.4. The zero-order valence-corrected chi connectivity index (χ0v) is 12.1. The fraction of sp³-hybridized carbons (Fsp3) is 0.0588. The molecule has 0 radical (unpaired) electrons. The van der Waals surface area contributed by atoms with Crippen molar-refractivity contribution in [2.24, 2.45) is 0 Å². The molecular formula is C17H10ClFN2O. The first-order valence-electron chi connectivity index (χ1n) is 6.54. The lowest BCUT2D eigenvalue weighted by molar-refractivity contribution is 0.310. The number of nitrogens with zero attached hydrogens (tertiary/aromatic N) is 2. The molecule has 0 aliphatic heterocycles. The largest absolute Gasteiger partial charge is 0.488 e. The minimum atomic E-state index is -0.534. The van der Waals surface area contributed by atoms with Crippen LogP contribution in [0.1, 0.15) is 11.1 Å². The Balaban J connectivity index is 2.07. The maximum absolute atomic E-state index is 13.5. The molecule has 0 bridgehead atoms. The minimum absolute atomic E-state index is 0.169. The lowest BCUT2D eigenvalue weighted by Gasteiger charge is -2.11. The molecular weight excluding hydrogens is 303 g/mol. The fourth-order valence-corrected chi connectivity index (χ4v) is 2.39. The Kier molecular flexibility index (Phi) is 3.90. The number of hydrogen-bond acceptors (Lipinski definition) is 3. The minimum Gasteiger partial charge on any atom is -0.488 e. The SMILES string of the molecule is N#Cc1cc(F)cc2nc(Cl)cc(OCc3ccccc3)c12. The average Bonchev–Trinajstić information content (AvgIpc) is 2.52. The van der Waals surface area contributed by atoms with Gasteiger partial charge in [0.2, 0.25) is 0 Å². The number of nitriles is 1. The van der Waals surface area contributed by atoms with Crippen molar-refractivity contribution in [2.45, 2.75) is 6.61 Å². The van der Waals surface area contributed by atoms with Crippen LogP contribution in [0.3, 0.4) is 0 Å². The normalized spacial score (nSPS) is 10.4. The molecule has 0 aliphatic carbocycles. The number of benzene rings is 2. The summed E-state index contributed by atoms with van der Waals surface area (Å²) in [5.74, 6) is -0.122. The van der Waals surface area contributed by atoms with Gasteiger partial charge >= 0.3 is 0 Å². The molecule has 0 saturated carbocycles. The molecule has 3 aromatic rings. The number of rotatable bonds is 3. The Morgan fingerprint density at radius 1 is 1.18 bits per heavy atom. The summed E-state index contributed by atoms with van der Waals surface area (Å²) in [4.78, 5) is 4.06. The van der Waals surface area contributed by atoms with Crippen LogP contribution >= 0.6 is 11.6 Å². The molecule has 1 aromatic heterocycles. The van der Waals surface area contributed by atoms with E-state index in [1.165, 1.54) is 12.1 Å². The van der Waals surface area contributed by atoms with E-state index in [0.717, 1.165) is 11.6 Å². The second-order valence-electron chi connectivity index (χ2n) is 4.68. The highest BCUT2D eigenvalue weighted by atomic mass is 35.5. The third-order valence-electron chi connectivity index (χ3n) is 3.16. The fourth-order valence-electron chi connectivity index (χ4n) is 2.20. The van der Waals surface area contributed by atoms with Crippen LogP contribution in [0.15, 0.2) is 48.5 Å². The Hall–Kier alpha value is -2.64. The van der Waals surface area contributed by atoms with Gasteiger partial charge < -0.3 is 4.74 Å². The Morgan fingerprint density at radius 2 is 1.95 bits per heavy atom. The smallest absolute Gasteiger partial charge is 0.133 e. The van der Waals surface area contributed by atoms with Gasteiger partial charge in [-0.25, -0.2) is 9.37 Å². The highest BCUT2D eigenvalue weighted by molar-refractivity contribution is 6.30. The molecule has 5 heteroatoms. The van der Waals surface area contributed by atoms with E-state index < -0.39 is 5.82 Å². The van der Waals surface area contributed by atoms with Gasteiger partial charge in [-0.1, -0.05) is 41.9 Å². The monoisotopic (exact) mass is 312 g/mol. The third kappa shape index (κ3) is 2.85. The van der Waals surface area contributed by atoms with Crippen molar-refractivity contribution >= 4 is 22.5 Å². The topological polar surface area (TPSA) is 45.9 Å². The van der Waals surface area contributed by atoms with E-state index in [0.29, 0.717) is 23.3 Å². The van der Waals surface area contributed by atoms with Crippen LogP contribution in [0.4, 0.5) is 4.39 Å². The summed E-state index contributed by atoms with van der Waals surface area (Å²) in [5, 5.41) is 9.85. The quantitative estimate of drug-likeness (QED) is 0.670. The van der Waals surface area contributed by atoms with Gasteiger partial charge in [0.25, 0.3) is 0 Å². The molecule has 0 saturated heterocycles. The number of ether oxygens (including phenoxy) is 1. The molecule has 1 heterocycles. The molecule has 3 rings (SSSR count). The lowest BCUT2D eigenvalue weighted by Crippen LogP contribution is -1.98. The molecule has 3 nitrogen and oxygen atoms in total. The first kappa shape index (κ1) is 14.3. The van der Waals surface area contributed by atoms with Crippen molar-refractivity contribution in [1.29, 1.82) is 5.26 Å². The summed E-state index contributed by atoms with van der Waals surface area (Å²) in [6.07, 6.45) is 0. The average molecular weight is 313 g/mol. The molecule has 0 N–H and O–H groups in total. The summed E-state index contributed by atoms with van der Waals surface area (Å²) in [6, 6.07) is 15.5. The predicted octanol–water partition coefficient (Wildman–Crippen LogP) is 4.48. The first-order valence-corrected chi connectivity index (χ1v) is 6.92. The van der Waals surface area contributed by atoms with Crippen molar-refractivity contribution in [1.82, 2.24) is 4.98 Å². The number of pyridine rings is 1. The molecule has 2 aromatic carbocycles. The number of halogens is 2. The Bertz CT molecular complexity index is 870. The summed E-state index contributed by atoms with van der Waals surface area (Å²) >= 11 is 5.96. The predicted molar refractivity (Wildman–Crippen MR) is 82.2 cm³/mol. The van der Waals surface area contributed by atoms with Crippen LogP contribution in [0.25, 0.3) is 10.9 Å². The summed E-state index contributed by atoms with van der Waals surface area (Å²) in [6.45, 7) is 0.318. The Labute approximate surface area is 131 Å². The molecule has 22 heavy (non-hydrogen) atoms. The standard InChI is InChI=1S/C17H10ClFN2O/c18-16-8-15(22-10-11-4-2-1-3-5-11)17-12(9-20)6-13(19)7-14(17)21-16/h1-8H,10H2. The van der Waals surface area contributed by atoms with E-state index in [2.05, 4.69) is 4.98 Å². The van der Waals surface area contributed by atoms with E-state index >= 15 is 0 Å². The summed E-state index contributed by atoms with van der Waals surface area (Å²) < 4.78 is 19.3. The van der Waals surface area contributed by atoms with Gasteiger partial charge in [0.15, 0.2) is 0 Å². The number of fused-ring (bicyclic) bond motifs is 1. The van der Waals surface area contributed by atoms with Crippen molar-refractivity contribution in [2.75, 3.05) is 0 Å². The van der Waals surface area contributed by atoms with Gasteiger partial charge in [0, 0.05) is 12.1 Å². The lowest BCUT2D eigenvalue weighted by atomic mass is 10.1. The highest BCUT2D eigenvalue weighted by Crippen LogP contribution is 2.31.